The molecule has 2 saturated heterocycles. The molecule has 2 aromatic carbocycles. The zero-order chi connectivity index (χ0) is 25.9. The Morgan fingerprint density at radius 3 is 2.11 bits per heavy atom. The van der Waals surface area contributed by atoms with Gasteiger partial charge in [-0.3, -0.25) is 9.36 Å². The van der Waals surface area contributed by atoms with Crippen molar-refractivity contribution in [3.05, 3.63) is 60.2 Å². The van der Waals surface area contributed by atoms with Crippen LogP contribution in [0.1, 0.15) is 24.2 Å². The molecule has 2 fully saturated rings. The molecular formula is C29H37N5O3. The fourth-order valence-corrected chi connectivity index (χ4v) is 5.17. The van der Waals surface area contributed by atoms with Crippen molar-refractivity contribution in [2.75, 3.05) is 70.9 Å². The van der Waals surface area contributed by atoms with Crippen molar-refractivity contribution in [3.8, 4) is 5.69 Å². The highest BCUT2D eigenvalue weighted by Gasteiger charge is 2.33. The third-order valence-corrected chi connectivity index (χ3v) is 7.25. The number of aromatic nitrogens is 1. The predicted octanol–water partition coefficient (Wildman–Crippen LogP) is 3.93. The van der Waals surface area contributed by atoms with Crippen LogP contribution in [0.3, 0.4) is 0 Å². The average Bonchev–Trinajstić information content (AvgIpc) is 3.27. The van der Waals surface area contributed by atoms with Crippen molar-refractivity contribution >= 4 is 28.7 Å². The summed E-state index contributed by atoms with van der Waals surface area (Å²) in [6, 6.07) is 18.4. The Morgan fingerprint density at radius 1 is 0.811 bits per heavy atom. The van der Waals surface area contributed by atoms with E-state index in [2.05, 4.69) is 45.7 Å². The topological polar surface area (TPSA) is 61.3 Å². The minimum absolute atomic E-state index is 0.0766. The van der Waals surface area contributed by atoms with E-state index >= 15 is 0 Å². The number of rotatable bonds is 5. The first-order valence-electron chi connectivity index (χ1n) is 13.3. The summed E-state index contributed by atoms with van der Waals surface area (Å²) < 4.78 is 7.69. The molecule has 0 bridgehead atoms. The van der Waals surface area contributed by atoms with E-state index < -0.39 is 0 Å². The molecule has 3 aromatic rings. The second-order valence-corrected chi connectivity index (χ2v) is 10.4. The summed E-state index contributed by atoms with van der Waals surface area (Å²) in [5, 5.41) is 0.962. The maximum absolute atomic E-state index is 14.1. The molecular weight excluding hydrogens is 466 g/mol. The van der Waals surface area contributed by atoms with E-state index in [1.807, 2.05) is 49.1 Å². The largest absolute Gasteiger partial charge is 0.449 e. The number of nitrogens with zero attached hydrogens (tertiary/aromatic N) is 5. The van der Waals surface area contributed by atoms with Gasteiger partial charge in [0.15, 0.2) is 0 Å². The zero-order valence-corrected chi connectivity index (χ0v) is 22.1. The van der Waals surface area contributed by atoms with E-state index in [1.165, 1.54) is 0 Å². The second kappa shape index (κ2) is 10.8. The quantitative estimate of drug-likeness (QED) is 0.528. The van der Waals surface area contributed by atoms with Crippen molar-refractivity contribution in [2.24, 2.45) is 5.92 Å². The van der Waals surface area contributed by atoms with Crippen molar-refractivity contribution in [1.82, 2.24) is 19.3 Å². The fourth-order valence-electron chi connectivity index (χ4n) is 5.17. The van der Waals surface area contributed by atoms with Crippen LogP contribution in [0.25, 0.3) is 16.6 Å². The molecule has 0 aliphatic carbocycles. The van der Waals surface area contributed by atoms with Crippen molar-refractivity contribution < 1.29 is 14.3 Å². The Labute approximate surface area is 219 Å². The summed E-state index contributed by atoms with van der Waals surface area (Å²) in [6.07, 6.45) is -0.259. The van der Waals surface area contributed by atoms with E-state index in [9.17, 15) is 9.59 Å². The number of likely N-dealkylation sites (N-methyl/N-ethyl adjacent to an activating group) is 1. The monoisotopic (exact) mass is 503 g/mol. The molecule has 5 rings (SSSR count). The minimum atomic E-state index is -0.259. The smallest absolute Gasteiger partial charge is 0.409 e. The summed E-state index contributed by atoms with van der Waals surface area (Å²) >= 11 is 0. The first kappa shape index (κ1) is 25.1. The van der Waals surface area contributed by atoms with Crippen LogP contribution in [0.5, 0.6) is 0 Å². The van der Waals surface area contributed by atoms with Crippen LogP contribution < -0.4 is 4.90 Å². The Balaban J connectivity index is 1.54. The maximum Gasteiger partial charge on any atom is 0.409 e. The average molecular weight is 504 g/mol. The molecule has 2 aliphatic rings. The molecule has 0 N–H and O–H groups in total. The van der Waals surface area contributed by atoms with Gasteiger partial charge in [0.05, 0.1) is 17.7 Å². The summed E-state index contributed by atoms with van der Waals surface area (Å²) in [5.74, 6) is 1.29. The predicted molar refractivity (Wildman–Crippen MR) is 147 cm³/mol. The van der Waals surface area contributed by atoms with Crippen molar-refractivity contribution in [1.29, 1.82) is 0 Å². The highest BCUT2D eigenvalue weighted by atomic mass is 16.6. The zero-order valence-electron chi connectivity index (χ0n) is 22.1. The van der Waals surface area contributed by atoms with Crippen molar-refractivity contribution in [3.63, 3.8) is 0 Å². The first-order valence-corrected chi connectivity index (χ1v) is 13.3. The molecule has 1 aromatic heterocycles. The van der Waals surface area contributed by atoms with E-state index in [0.29, 0.717) is 38.7 Å². The Bertz CT molecular complexity index is 1240. The van der Waals surface area contributed by atoms with Crippen LogP contribution >= 0.6 is 0 Å². The number of para-hydroxylation sites is 2. The van der Waals surface area contributed by atoms with Crippen LogP contribution in [0.15, 0.2) is 54.6 Å². The van der Waals surface area contributed by atoms with Gasteiger partial charge in [-0.1, -0.05) is 50.2 Å². The molecule has 196 valence electrons. The highest BCUT2D eigenvalue weighted by molar-refractivity contribution is 6.13. The fraction of sp³-hybridized carbons (Fsp3) is 0.448. The van der Waals surface area contributed by atoms with Crippen molar-refractivity contribution in [2.45, 2.75) is 13.8 Å². The number of anilines is 1. The van der Waals surface area contributed by atoms with Gasteiger partial charge in [-0.2, -0.15) is 0 Å². The summed E-state index contributed by atoms with van der Waals surface area (Å²) in [5.41, 5.74) is 2.78. The number of carbonyl (C=O) groups is 2. The molecule has 0 radical (unpaired) electrons. The lowest BCUT2D eigenvalue weighted by Crippen LogP contribution is -2.50. The molecule has 2 aliphatic heterocycles. The van der Waals surface area contributed by atoms with Crippen LogP contribution in [-0.4, -0.2) is 97.3 Å². The lowest BCUT2D eigenvalue weighted by atomic mass is 10.1. The van der Waals surface area contributed by atoms with Gasteiger partial charge in [0.2, 0.25) is 0 Å². The van der Waals surface area contributed by atoms with Gasteiger partial charge < -0.3 is 24.3 Å². The van der Waals surface area contributed by atoms with E-state index in [4.69, 9.17) is 4.74 Å². The number of carbonyl (C=O) groups excluding carboxylic acids is 2. The Kier molecular flexibility index (Phi) is 7.37. The van der Waals surface area contributed by atoms with Gasteiger partial charge >= 0.3 is 6.09 Å². The minimum Gasteiger partial charge on any atom is -0.449 e. The van der Waals surface area contributed by atoms with Crippen LogP contribution in [-0.2, 0) is 4.74 Å². The van der Waals surface area contributed by atoms with Crippen LogP contribution in [0, 0.1) is 5.92 Å². The summed E-state index contributed by atoms with van der Waals surface area (Å²) in [4.78, 5) is 35.0. The lowest BCUT2D eigenvalue weighted by Gasteiger charge is -2.37. The number of piperazine rings is 2. The van der Waals surface area contributed by atoms with Gasteiger partial charge in [-0.15, -0.1) is 0 Å². The third kappa shape index (κ3) is 5.16. The standard InChI is InChI=1S/C29H37N5O3/c1-22(2)21-37-29(36)33-19-17-31(18-20-33)27-26(28(35)32-15-13-30(3)14-16-32)24-11-7-8-12-25(24)34(27)23-9-5-4-6-10-23/h4-12,22H,13-21H2,1-3H3. The SMILES string of the molecule is CC(C)COC(=O)N1CCN(c2c(C(=O)N3CCN(C)CC3)c3ccccc3n2-c2ccccc2)CC1. The lowest BCUT2D eigenvalue weighted by molar-refractivity contribution is 0.0665. The number of amides is 2. The molecule has 8 heteroatoms. The maximum atomic E-state index is 14.1. The number of benzene rings is 2. The first-order chi connectivity index (χ1) is 17.9. The Hall–Kier alpha value is -3.52. The number of fused-ring (bicyclic) bond motifs is 1. The number of hydrogen-bond donors (Lipinski definition) is 0. The normalized spacial score (nSPS) is 17.0. The van der Waals surface area contributed by atoms with E-state index in [1.54, 1.807) is 4.90 Å². The van der Waals surface area contributed by atoms with Gasteiger partial charge in [0.25, 0.3) is 5.91 Å². The third-order valence-electron chi connectivity index (χ3n) is 7.25. The van der Waals surface area contributed by atoms with E-state index in [-0.39, 0.29) is 12.0 Å². The molecule has 0 atom stereocenters. The number of ether oxygens (including phenoxy) is 1. The molecule has 0 saturated carbocycles. The Morgan fingerprint density at radius 2 is 1.43 bits per heavy atom. The summed E-state index contributed by atoms with van der Waals surface area (Å²) in [7, 11) is 2.10. The molecule has 8 nitrogen and oxygen atoms in total. The van der Waals surface area contributed by atoms with Crippen LogP contribution in [0.2, 0.25) is 0 Å². The summed E-state index contributed by atoms with van der Waals surface area (Å²) in [6.45, 7) is 10.0. The molecule has 37 heavy (non-hydrogen) atoms. The number of hydrogen-bond acceptors (Lipinski definition) is 5. The molecule has 3 heterocycles. The second-order valence-electron chi connectivity index (χ2n) is 10.4. The van der Waals surface area contributed by atoms with Crippen LogP contribution in [0.4, 0.5) is 10.6 Å². The highest BCUT2D eigenvalue weighted by Crippen LogP contribution is 2.37. The van der Waals surface area contributed by atoms with Gasteiger partial charge in [-0.25, -0.2) is 4.79 Å². The molecule has 0 unspecified atom stereocenters. The van der Waals surface area contributed by atoms with Gasteiger partial charge in [0.1, 0.15) is 5.82 Å². The van der Waals surface area contributed by atoms with Gasteiger partial charge in [-0.05, 0) is 31.2 Å². The van der Waals surface area contributed by atoms with E-state index in [0.717, 1.165) is 54.2 Å². The molecule has 2 amide bonds. The molecule has 0 spiro atoms. The van der Waals surface area contributed by atoms with Gasteiger partial charge in [0, 0.05) is 63.4 Å².